The topological polar surface area (TPSA) is 9.23 Å². The van der Waals surface area contributed by atoms with E-state index in [1.54, 1.807) is 0 Å². The van der Waals surface area contributed by atoms with E-state index in [9.17, 15) is 17.6 Å². The largest absolute Gasteiger partial charge is 0.484 e. The smallest absolute Gasteiger partial charge is 0.272 e. The fourth-order valence-electron chi connectivity index (χ4n) is 0.748. The average molecular weight is 194 g/mol. The van der Waals surface area contributed by atoms with Crippen molar-refractivity contribution in [3.05, 3.63) is 29.8 Å². The van der Waals surface area contributed by atoms with E-state index in [1.165, 1.54) is 6.07 Å². The Balaban J connectivity index is 2.71. The number of hydrogen-bond acceptors (Lipinski definition) is 1. The number of halogens is 4. The number of ether oxygens (including phenoxy) is 1. The van der Waals surface area contributed by atoms with Crippen LogP contribution in [0.2, 0.25) is 0 Å². The molecule has 0 amide bonds. The molecule has 13 heavy (non-hydrogen) atoms. The van der Waals surface area contributed by atoms with Crippen LogP contribution in [0, 0.1) is 11.6 Å². The molecule has 1 aromatic rings. The second-order valence-corrected chi connectivity index (χ2v) is 2.25. The van der Waals surface area contributed by atoms with Crippen LogP contribution in [-0.4, -0.2) is 13.0 Å². The third-order valence-electron chi connectivity index (χ3n) is 1.28. The summed E-state index contributed by atoms with van der Waals surface area (Å²) in [5.74, 6) is -2.87. The maximum absolute atomic E-state index is 12.7. The zero-order valence-electron chi connectivity index (χ0n) is 6.44. The van der Waals surface area contributed by atoms with Gasteiger partial charge >= 0.3 is 0 Å². The van der Waals surface area contributed by atoms with E-state index in [0.717, 1.165) is 12.1 Å². The first-order chi connectivity index (χ1) is 6.11. The zero-order chi connectivity index (χ0) is 9.84. The van der Waals surface area contributed by atoms with E-state index in [1.807, 2.05) is 0 Å². The summed E-state index contributed by atoms with van der Waals surface area (Å²) < 4.78 is 52.7. The van der Waals surface area contributed by atoms with Gasteiger partial charge in [-0.1, -0.05) is 6.07 Å². The summed E-state index contributed by atoms with van der Waals surface area (Å²) in [5.41, 5.74) is 0. The predicted octanol–water partition coefficient (Wildman–Crippen LogP) is 2.61. The van der Waals surface area contributed by atoms with E-state index in [0.29, 0.717) is 0 Å². The first-order valence-electron chi connectivity index (χ1n) is 3.46. The van der Waals surface area contributed by atoms with Gasteiger partial charge in [-0.2, -0.15) is 4.39 Å². The van der Waals surface area contributed by atoms with Gasteiger partial charge < -0.3 is 4.74 Å². The number of alkyl halides is 2. The molecule has 0 aliphatic heterocycles. The molecule has 0 heterocycles. The predicted molar refractivity (Wildman–Crippen MR) is 37.9 cm³/mol. The van der Waals surface area contributed by atoms with Crippen LogP contribution in [0.15, 0.2) is 18.2 Å². The third-order valence-corrected chi connectivity index (χ3v) is 1.28. The van der Waals surface area contributed by atoms with Crippen molar-refractivity contribution >= 4 is 0 Å². The quantitative estimate of drug-likeness (QED) is 0.672. The molecule has 0 aromatic heterocycles. The second-order valence-electron chi connectivity index (χ2n) is 2.25. The lowest BCUT2D eigenvalue weighted by molar-refractivity contribution is 0.0795. The van der Waals surface area contributed by atoms with Crippen molar-refractivity contribution in [2.45, 2.75) is 6.43 Å². The van der Waals surface area contributed by atoms with Crippen LogP contribution in [0.1, 0.15) is 0 Å². The molecule has 0 unspecified atom stereocenters. The van der Waals surface area contributed by atoms with Gasteiger partial charge in [0.05, 0.1) is 0 Å². The van der Waals surface area contributed by atoms with E-state index in [-0.39, 0.29) is 0 Å². The van der Waals surface area contributed by atoms with Gasteiger partial charge in [-0.3, -0.25) is 0 Å². The fourth-order valence-corrected chi connectivity index (χ4v) is 0.748. The SMILES string of the molecule is Fc1cccc(OCC(F)F)c1F. The van der Waals surface area contributed by atoms with Crippen molar-refractivity contribution < 1.29 is 22.3 Å². The lowest BCUT2D eigenvalue weighted by Gasteiger charge is -2.05. The van der Waals surface area contributed by atoms with Crippen LogP contribution < -0.4 is 4.74 Å². The molecular formula is C8H6F4O. The van der Waals surface area contributed by atoms with Crippen LogP contribution >= 0.6 is 0 Å². The molecule has 72 valence electrons. The van der Waals surface area contributed by atoms with Crippen LogP contribution in [0.25, 0.3) is 0 Å². The van der Waals surface area contributed by atoms with Gasteiger partial charge in [0.25, 0.3) is 6.43 Å². The molecule has 0 N–H and O–H groups in total. The Bertz CT molecular complexity index is 287. The summed E-state index contributed by atoms with van der Waals surface area (Å²) in [6, 6.07) is 3.14. The normalized spacial score (nSPS) is 10.5. The second kappa shape index (κ2) is 4.11. The molecule has 0 spiro atoms. The van der Waals surface area contributed by atoms with Gasteiger partial charge in [-0.25, -0.2) is 13.2 Å². The maximum atomic E-state index is 12.7. The van der Waals surface area contributed by atoms with Crippen molar-refractivity contribution in [3.8, 4) is 5.75 Å². The molecule has 0 bridgehead atoms. The van der Waals surface area contributed by atoms with Gasteiger partial charge in [-0.15, -0.1) is 0 Å². The van der Waals surface area contributed by atoms with Gasteiger partial charge in [0.15, 0.2) is 11.6 Å². The Hall–Kier alpha value is -1.26. The van der Waals surface area contributed by atoms with Crippen molar-refractivity contribution in [3.63, 3.8) is 0 Å². The van der Waals surface area contributed by atoms with Crippen LogP contribution in [0.5, 0.6) is 5.75 Å². The van der Waals surface area contributed by atoms with E-state index in [2.05, 4.69) is 4.74 Å². The van der Waals surface area contributed by atoms with Gasteiger partial charge in [0.2, 0.25) is 5.82 Å². The van der Waals surface area contributed by atoms with Crippen molar-refractivity contribution in [2.24, 2.45) is 0 Å². The highest BCUT2D eigenvalue weighted by atomic mass is 19.3. The summed E-state index contributed by atoms with van der Waals surface area (Å²) >= 11 is 0. The molecule has 1 rings (SSSR count). The summed E-state index contributed by atoms with van der Waals surface area (Å²) in [6.45, 7) is -0.944. The first-order valence-corrected chi connectivity index (χ1v) is 3.46. The number of rotatable bonds is 3. The van der Waals surface area contributed by atoms with E-state index >= 15 is 0 Å². The molecule has 0 radical (unpaired) electrons. The maximum Gasteiger partial charge on any atom is 0.272 e. The third kappa shape index (κ3) is 2.61. The van der Waals surface area contributed by atoms with Crippen molar-refractivity contribution in [1.29, 1.82) is 0 Å². The Morgan fingerprint density at radius 1 is 1.23 bits per heavy atom. The highest BCUT2D eigenvalue weighted by Crippen LogP contribution is 2.19. The van der Waals surface area contributed by atoms with E-state index < -0.39 is 30.4 Å². The van der Waals surface area contributed by atoms with Crippen molar-refractivity contribution in [2.75, 3.05) is 6.61 Å². The van der Waals surface area contributed by atoms with Gasteiger partial charge in [0.1, 0.15) is 6.61 Å². The fraction of sp³-hybridized carbons (Fsp3) is 0.250. The average Bonchev–Trinajstić information content (AvgIpc) is 2.07. The lowest BCUT2D eigenvalue weighted by atomic mass is 10.3. The molecule has 0 saturated carbocycles. The minimum Gasteiger partial charge on any atom is -0.484 e. The number of hydrogen-bond donors (Lipinski definition) is 0. The Morgan fingerprint density at radius 2 is 1.92 bits per heavy atom. The summed E-state index contributed by atoms with van der Waals surface area (Å²) in [7, 11) is 0. The first kappa shape index (κ1) is 9.83. The van der Waals surface area contributed by atoms with Crippen molar-refractivity contribution in [1.82, 2.24) is 0 Å². The standard InChI is InChI=1S/C8H6F4O/c9-5-2-1-3-6(8(5)12)13-4-7(10)11/h1-3,7H,4H2. The zero-order valence-corrected chi connectivity index (χ0v) is 6.44. The molecule has 0 fully saturated rings. The molecule has 1 nitrogen and oxygen atoms in total. The Labute approximate surface area is 71.9 Å². The molecule has 0 atom stereocenters. The van der Waals surface area contributed by atoms with Crippen LogP contribution in [0.4, 0.5) is 17.6 Å². The molecule has 5 heteroatoms. The molecule has 1 aromatic carbocycles. The molecule has 0 saturated heterocycles. The summed E-state index contributed by atoms with van der Waals surface area (Å²) in [5, 5.41) is 0. The van der Waals surface area contributed by atoms with Gasteiger partial charge in [-0.05, 0) is 12.1 Å². The highest BCUT2D eigenvalue weighted by molar-refractivity contribution is 5.24. The minimum absolute atomic E-state index is 0.500. The van der Waals surface area contributed by atoms with E-state index in [4.69, 9.17) is 0 Å². The highest BCUT2D eigenvalue weighted by Gasteiger charge is 2.10. The molecule has 0 aliphatic rings. The number of benzene rings is 1. The lowest BCUT2D eigenvalue weighted by Crippen LogP contribution is -2.08. The summed E-state index contributed by atoms with van der Waals surface area (Å²) in [4.78, 5) is 0. The monoisotopic (exact) mass is 194 g/mol. The Kier molecular flexibility index (Phi) is 3.11. The van der Waals surface area contributed by atoms with Gasteiger partial charge in [0, 0.05) is 0 Å². The van der Waals surface area contributed by atoms with Crippen LogP contribution in [0.3, 0.4) is 0 Å². The Morgan fingerprint density at radius 3 is 2.54 bits per heavy atom. The molecular weight excluding hydrogens is 188 g/mol. The summed E-state index contributed by atoms with van der Waals surface area (Å²) in [6.07, 6.45) is -2.71. The minimum atomic E-state index is -2.71. The van der Waals surface area contributed by atoms with Crippen LogP contribution in [-0.2, 0) is 0 Å². The molecule has 0 aliphatic carbocycles.